The number of benzene rings is 7. The van der Waals surface area contributed by atoms with Gasteiger partial charge in [-0.25, -0.2) is 0 Å². The van der Waals surface area contributed by atoms with E-state index in [0.717, 1.165) is 16.6 Å². The third-order valence-corrected chi connectivity index (χ3v) is 9.21. The molecule has 0 aliphatic heterocycles. The minimum atomic E-state index is 0.927. The molecular formula is C38H22OS. The Morgan fingerprint density at radius 1 is 0.425 bits per heavy atom. The zero-order valence-corrected chi connectivity index (χ0v) is 22.3. The first-order valence-corrected chi connectivity index (χ1v) is 14.5. The van der Waals surface area contributed by atoms with Crippen molar-refractivity contribution in [3.63, 3.8) is 0 Å². The predicted octanol–water partition coefficient (Wildman–Crippen LogP) is 11.6. The van der Waals surface area contributed by atoms with Crippen molar-refractivity contribution in [2.75, 3.05) is 0 Å². The number of fused-ring (bicyclic) bond motifs is 7. The molecule has 0 unspecified atom stereocenters. The summed E-state index contributed by atoms with van der Waals surface area (Å²) in [7, 11) is 0. The van der Waals surface area contributed by atoms with Crippen molar-refractivity contribution in [3.05, 3.63) is 133 Å². The molecule has 0 amide bonds. The van der Waals surface area contributed by atoms with E-state index in [9.17, 15) is 0 Å². The van der Waals surface area contributed by atoms with Gasteiger partial charge in [-0.3, -0.25) is 0 Å². The van der Waals surface area contributed by atoms with Gasteiger partial charge < -0.3 is 4.42 Å². The van der Waals surface area contributed by atoms with Crippen LogP contribution in [0.4, 0.5) is 0 Å². The molecule has 0 spiro atoms. The molecule has 0 bridgehead atoms. The van der Waals surface area contributed by atoms with Gasteiger partial charge in [-0.15, -0.1) is 11.3 Å². The topological polar surface area (TPSA) is 13.1 Å². The van der Waals surface area contributed by atoms with Gasteiger partial charge in [0.25, 0.3) is 0 Å². The van der Waals surface area contributed by atoms with E-state index >= 15 is 0 Å². The van der Waals surface area contributed by atoms with Crippen molar-refractivity contribution in [3.8, 4) is 22.3 Å². The lowest BCUT2D eigenvalue weighted by Gasteiger charge is -2.18. The first-order chi connectivity index (χ1) is 19.8. The van der Waals surface area contributed by atoms with Crippen LogP contribution in [-0.4, -0.2) is 0 Å². The molecule has 0 saturated carbocycles. The van der Waals surface area contributed by atoms with Gasteiger partial charge in [0.05, 0.1) is 0 Å². The highest BCUT2D eigenvalue weighted by Gasteiger charge is 2.19. The molecule has 1 nitrogen and oxygen atoms in total. The Balaban J connectivity index is 1.38. The van der Waals surface area contributed by atoms with E-state index in [1.807, 2.05) is 0 Å². The number of hydrogen-bond donors (Lipinski definition) is 0. The minimum Gasteiger partial charge on any atom is -0.456 e. The summed E-state index contributed by atoms with van der Waals surface area (Å²) in [5.74, 6) is 0. The second-order valence-corrected chi connectivity index (χ2v) is 11.4. The van der Waals surface area contributed by atoms with Gasteiger partial charge in [-0.05, 0) is 95.7 Å². The predicted molar refractivity (Wildman–Crippen MR) is 172 cm³/mol. The molecule has 9 aromatic rings. The van der Waals surface area contributed by atoms with E-state index in [4.69, 9.17) is 4.42 Å². The second kappa shape index (κ2) is 8.29. The van der Waals surface area contributed by atoms with Crippen LogP contribution in [0.2, 0.25) is 0 Å². The van der Waals surface area contributed by atoms with Crippen LogP contribution < -0.4 is 0 Å². The first-order valence-electron chi connectivity index (χ1n) is 13.6. The van der Waals surface area contributed by atoms with Gasteiger partial charge in [-0.1, -0.05) is 97.1 Å². The maximum absolute atomic E-state index is 6.46. The molecule has 0 atom stereocenters. The average Bonchev–Trinajstić information content (AvgIpc) is 3.61. The van der Waals surface area contributed by atoms with E-state index in [1.165, 1.54) is 70.0 Å². The Labute approximate surface area is 234 Å². The quantitative estimate of drug-likeness (QED) is 0.204. The van der Waals surface area contributed by atoms with Crippen LogP contribution in [0, 0.1) is 0 Å². The molecular weight excluding hydrogens is 504 g/mol. The van der Waals surface area contributed by atoms with Gasteiger partial charge in [0, 0.05) is 15.5 Å². The summed E-state index contributed by atoms with van der Waals surface area (Å²) in [5, 5.41) is 13.3. The summed E-state index contributed by atoms with van der Waals surface area (Å²) in [6, 6.07) is 46.4. The summed E-state index contributed by atoms with van der Waals surface area (Å²) in [6.07, 6.45) is 0. The Bertz CT molecular complexity index is 2380. The highest BCUT2D eigenvalue weighted by molar-refractivity contribution is 7.17. The standard InChI is InChI=1S/C38H22OS/c1-2-10-26-23(8-1)9-7-15-28(26)38-31-13-5-3-11-29(31)37(30-12-4-6-14-32(30)38)25-16-17-27-33-22-36-24(18-19-40-36)20-35(33)39-34(27)21-25/h1-22H. The Hall–Kier alpha value is -4.92. The molecule has 2 aromatic heterocycles. The molecule has 2 heterocycles. The lowest BCUT2D eigenvalue weighted by atomic mass is 9.84. The van der Waals surface area contributed by atoms with Crippen LogP contribution in [-0.2, 0) is 0 Å². The molecule has 0 fully saturated rings. The van der Waals surface area contributed by atoms with Crippen LogP contribution in [0.5, 0.6) is 0 Å². The molecule has 0 aliphatic rings. The lowest BCUT2D eigenvalue weighted by molar-refractivity contribution is 0.669. The van der Waals surface area contributed by atoms with Crippen LogP contribution in [0.1, 0.15) is 0 Å². The molecule has 40 heavy (non-hydrogen) atoms. The van der Waals surface area contributed by atoms with Gasteiger partial charge in [-0.2, -0.15) is 0 Å². The number of hydrogen-bond acceptors (Lipinski definition) is 2. The Morgan fingerprint density at radius 2 is 1.07 bits per heavy atom. The van der Waals surface area contributed by atoms with E-state index < -0.39 is 0 Å². The lowest BCUT2D eigenvalue weighted by Crippen LogP contribution is -1.91. The maximum Gasteiger partial charge on any atom is 0.136 e. The van der Waals surface area contributed by atoms with Gasteiger partial charge in [0.1, 0.15) is 11.2 Å². The zero-order chi connectivity index (χ0) is 26.2. The van der Waals surface area contributed by atoms with Gasteiger partial charge in [0.15, 0.2) is 0 Å². The van der Waals surface area contributed by atoms with Crippen molar-refractivity contribution in [2.45, 2.75) is 0 Å². The summed E-state index contributed by atoms with van der Waals surface area (Å²) < 4.78 is 7.75. The van der Waals surface area contributed by atoms with Crippen LogP contribution in [0.15, 0.2) is 137 Å². The van der Waals surface area contributed by atoms with Crippen molar-refractivity contribution < 1.29 is 4.42 Å². The highest BCUT2D eigenvalue weighted by atomic mass is 32.1. The largest absolute Gasteiger partial charge is 0.456 e. The highest BCUT2D eigenvalue weighted by Crippen LogP contribution is 2.46. The molecule has 9 rings (SSSR count). The fourth-order valence-electron chi connectivity index (χ4n) is 6.56. The van der Waals surface area contributed by atoms with Crippen molar-refractivity contribution in [1.29, 1.82) is 0 Å². The third kappa shape index (κ3) is 3.08. The zero-order valence-electron chi connectivity index (χ0n) is 21.5. The minimum absolute atomic E-state index is 0.927. The molecule has 0 N–H and O–H groups in total. The number of furan rings is 1. The molecule has 7 aromatic carbocycles. The van der Waals surface area contributed by atoms with E-state index in [2.05, 4.69) is 133 Å². The maximum atomic E-state index is 6.46. The van der Waals surface area contributed by atoms with Crippen molar-refractivity contribution in [1.82, 2.24) is 0 Å². The smallest absolute Gasteiger partial charge is 0.136 e. The molecule has 186 valence electrons. The molecule has 0 aliphatic carbocycles. The normalized spacial score (nSPS) is 12.0. The molecule has 0 saturated heterocycles. The van der Waals surface area contributed by atoms with Crippen LogP contribution in [0.3, 0.4) is 0 Å². The molecule has 0 radical (unpaired) electrons. The fourth-order valence-corrected chi connectivity index (χ4v) is 7.37. The van der Waals surface area contributed by atoms with Gasteiger partial charge in [0.2, 0.25) is 0 Å². The van der Waals surface area contributed by atoms with E-state index in [0.29, 0.717) is 0 Å². The van der Waals surface area contributed by atoms with Crippen LogP contribution in [0.25, 0.3) is 86.6 Å². The summed E-state index contributed by atoms with van der Waals surface area (Å²) in [6.45, 7) is 0. The summed E-state index contributed by atoms with van der Waals surface area (Å²) >= 11 is 1.78. The second-order valence-electron chi connectivity index (χ2n) is 10.5. The average molecular weight is 527 g/mol. The van der Waals surface area contributed by atoms with Crippen LogP contribution >= 0.6 is 11.3 Å². The molecule has 2 heteroatoms. The first kappa shape index (κ1) is 22.0. The van der Waals surface area contributed by atoms with Gasteiger partial charge >= 0.3 is 0 Å². The monoisotopic (exact) mass is 526 g/mol. The van der Waals surface area contributed by atoms with Crippen molar-refractivity contribution >= 4 is 75.7 Å². The number of rotatable bonds is 2. The SMILES string of the molecule is c1ccc2c(-c3c4ccccc4c(-c4ccc5c(c4)oc4cc6ccsc6cc45)c4ccccc34)cccc2c1. The summed E-state index contributed by atoms with van der Waals surface area (Å²) in [5.41, 5.74) is 6.85. The number of thiophene rings is 1. The Kier molecular flexibility index (Phi) is 4.55. The fraction of sp³-hybridized carbons (Fsp3) is 0. The summed E-state index contributed by atoms with van der Waals surface area (Å²) in [4.78, 5) is 0. The van der Waals surface area contributed by atoms with E-state index in [-0.39, 0.29) is 0 Å². The van der Waals surface area contributed by atoms with E-state index in [1.54, 1.807) is 11.3 Å². The van der Waals surface area contributed by atoms with Crippen molar-refractivity contribution in [2.24, 2.45) is 0 Å². The third-order valence-electron chi connectivity index (χ3n) is 8.33. The Morgan fingerprint density at radius 3 is 1.85 bits per heavy atom.